The maximum Gasteiger partial charge on any atom is 0.0562 e. The molecule has 0 spiro atoms. The maximum absolute atomic E-state index is 2.41. The molecule has 0 saturated carbocycles. The lowest BCUT2D eigenvalue weighted by Crippen LogP contribution is -2.16. The number of fused-ring (bicyclic) bond motifs is 8. The Hall–Kier alpha value is -7.62. The van der Waals surface area contributed by atoms with Crippen molar-refractivity contribution in [2.24, 2.45) is 0 Å². The Morgan fingerprint density at radius 3 is 1.87 bits per heavy atom. The molecule has 0 atom stereocenters. The molecule has 11 aromatic rings. The molecule has 0 aliphatic heterocycles. The summed E-state index contributed by atoms with van der Waals surface area (Å²) in [7, 11) is 0. The number of anilines is 3. The van der Waals surface area contributed by atoms with Crippen LogP contribution in [0.5, 0.6) is 0 Å². The van der Waals surface area contributed by atoms with E-state index in [4.69, 9.17) is 0 Å². The summed E-state index contributed by atoms with van der Waals surface area (Å²) in [6.45, 7) is 4.70. The van der Waals surface area contributed by atoms with E-state index in [1.54, 1.807) is 0 Å². The summed E-state index contributed by atoms with van der Waals surface area (Å²) in [6.07, 6.45) is 2.20. The van der Waals surface area contributed by atoms with Gasteiger partial charge in [0.1, 0.15) is 0 Å². The van der Waals surface area contributed by atoms with Crippen molar-refractivity contribution in [1.29, 1.82) is 0 Å². The third-order valence-electron chi connectivity index (χ3n) is 12.9. The zero-order valence-electron chi connectivity index (χ0n) is 33.5. The van der Waals surface area contributed by atoms with Crippen LogP contribution in [0.25, 0.3) is 77.1 Å². The van der Waals surface area contributed by atoms with Gasteiger partial charge in [-0.2, -0.15) is 0 Å². The first-order valence-corrected chi connectivity index (χ1v) is 20.8. The van der Waals surface area contributed by atoms with E-state index < -0.39 is 0 Å². The van der Waals surface area contributed by atoms with Crippen LogP contribution < -0.4 is 4.90 Å². The maximum atomic E-state index is 2.41. The third kappa shape index (κ3) is 5.29. The number of nitrogens with zero attached hydrogens (tertiary/aromatic N) is 3. The van der Waals surface area contributed by atoms with Crippen molar-refractivity contribution in [3.63, 3.8) is 0 Å². The molecular weight excluding hydrogens is 727 g/mol. The SMILES string of the molecule is CC1(C)c2ccccc2-c2ccc(N(c3ccc(-c4ccc(-n5ccc6cc7c8ccccc8n(-c8ccccc8)c7cc65)cc4)cc3)c3ccc4ccccc4c3)cc21. The number of benzene rings is 9. The van der Waals surface area contributed by atoms with Gasteiger partial charge < -0.3 is 14.0 Å². The number of rotatable bonds is 6. The zero-order chi connectivity index (χ0) is 40.0. The second-order valence-corrected chi connectivity index (χ2v) is 16.7. The molecule has 0 bridgehead atoms. The summed E-state index contributed by atoms with van der Waals surface area (Å²) in [6, 6.07) is 75.7. The van der Waals surface area contributed by atoms with Gasteiger partial charge in [0, 0.05) is 56.2 Å². The summed E-state index contributed by atoms with van der Waals surface area (Å²) >= 11 is 0. The van der Waals surface area contributed by atoms with Crippen molar-refractivity contribution < 1.29 is 0 Å². The highest BCUT2D eigenvalue weighted by Gasteiger charge is 2.35. The monoisotopic (exact) mass is 767 g/mol. The van der Waals surface area contributed by atoms with Crippen molar-refractivity contribution in [2.45, 2.75) is 19.3 Å². The van der Waals surface area contributed by atoms with Gasteiger partial charge >= 0.3 is 0 Å². The van der Waals surface area contributed by atoms with Gasteiger partial charge in [-0.25, -0.2) is 0 Å². The summed E-state index contributed by atoms with van der Waals surface area (Å²) in [5.74, 6) is 0. The predicted molar refractivity (Wildman–Crippen MR) is 253 cm³/mol. The van der Waals surface area contributed by atoms with E-state index in [0.717, 1.165) is 22.7 Å². The van der Waals surface area contributed by atoms with Crippen LogP contribution in [0.1, 0.15) is 25.0 Å². The Balaban J connectivity index is 0.907. The molecule has 3 nitrogen and oxygen atoms in total. The average molecular weight is 768 g/mol. The lowest BCUT2D eigenvalue weighted by Gasteiger charge is -2.28. The van der Waals surface area contributed by atoms with E-state index in [1.807, 2.05) is 0 Å². The molecule has 2 heterocycles. The van der Waals surface area contributed by atoms with Crippen molar-refractivity contribution in [3.05, 3.63) is 224 Å². The largest absolute Gasteiger partial charge is 0.316 e. The van der Waals surface area contributed by atoms with Crippen LogP contribution in [0, 0.1) is 0 Å². The zero-order valence-corrected chi connectivity index (χ0v) is 33.5. The van der Waals surface area contributed by atoms with Crippen LogP contribution in [0.2, 0.25) is 0 Å². The molecule has 0 amide bonds. The standard InChI is InChI=1S/C57H41N3/c1-57(2)52-18-10-8-16-48(52)49-31-30-47(36-53(49)57)59(46-29-24-38-12-6-7-13-41(38)34-46)45-27-22-40(23-28-45)39-20-25-43(26-21-39)58-33-32-42-35-51-50-17-9-11-19-54(50)60(56(51)37-55(42)58)44-14-4-3-5-15-44/h3-37H,1-2H3. The molecule has 0 radical (unpaired) electrons. The van der Waals surface area contributed by atoms with Gasteiger partial charge in [-0.05, 0) is 129 Å². The number of aromatic nitrogens is 2. The fourth-order valence-electron chi connectivity index (χ4n) is 9.89. The first-order valence-electron chi connectivity index (χ1n) is 20.8. The second kappa shape index (κ2) is 13.2. The molecular formula is C57H41N3. The smallest absolute Gasteiger partial charge is 0.0562 e. The minimum absolute atomic E-state index is 0.0889. The Kier molecular flexibility index (Phi) is 7.58. The van der Waals surface area contributed by atoms with Gasteiger partial charge in [0.25, 0.3) is 0 Å². The van der Waals surface area contributed by atoms with Crippen LogP contribution in [-0.4, -0.2) is 9.13 Å². The molecule has 0 saturated heterocycles. The molecule has 60 heavy (non-hydrogen) atoms. The molecule has 0 fully saturated rings. The van der Waals surface area contributed by atoms with Crippen LogP contribution in [0.4, 0.5) is 17.1 Å². The number of hydrogen-bond acceptors (Lipinski definition) is 1. The minimum Gasteiger partial charge on any atom is -0.316 e. The van der Waals surface area contributed by atoms with Crippen molar-refractivity contribution in [1.82, 2.24) is 9.13 Å². The van der Waals surface area contributed by atoms with E-state index in [9.17, 15) is 0 Å². The van der Waals surface area contributed by atoms with E-state index in [0.29, 0.717) is 0 Å². The van der Waals surface area contributed by atoms with Crippen LogP contribution in [0.15, 0.2) is 212 Å². The fraction of sp³-hybridized carbons (Fsp3) is 0.0526. The molecule has 284 valence electrons. The topological polar surface area (TPSA) is 13.1 Å². The molecule has 1 aliphatic rings. The third-order valence-corrected chi connectivity index (χ3v) is 12.9. The van der Waals surface area contributed by atoms with Gasteiger partial charge in [0.05, 0.1) is 16.6 Å². The van der Waals surface area contributed by atoms with Crippen molar-refractivity contribution in [3.8, 4) is 33.6 Å². The second-order valence-electron chi connectivity index (χ2n) is 16.7. The molecule has 3 heteroatoms. The molecule has 2 aromatic heterocycles. The van der Waals surface area contributed by atoms with Gasteiger partial charge in [-0.3, -0.25) is 0 Å². The Labute approximate surface area is 349 Å². The van der Waals surface area contributed by atoms with Crippen LogP contribution in [-0.2, 0) is 5.41 Å². The molecule has 1 aliphatic carbocycles. The van der Waals surface area contributed by atoms with E-state index >= 15 is 0 Å². The summed E-state index contributed by atoms with van der Waals surface area (Å²) in [5, 5.41) is 6.23. The fourth-order valence-corrected chi connectivity index (χ4v) is 9.89. The minimum atomic E-state index is -0.0889. The highest BCUT2D eigenvalue weighted by molar-refractivity contribution is 6.13. The Morgan fingerprint density at radius 1 is 0.383 bits per heavy atom. The first kappa shape index (κ1) is 34.4. The number of hydrogen-bond donors (Lipinski definition) is 0. The quantitative estimate of drug-likeness (QED) is 0.164. The summed E-state index contributed by atoms with van der Waals surface area (Å²) in [5.41, 5.74) is 17.0. The van der Waals surface area contributed by atoms with Crippen LogP contribution >= 0.6 is 0 Å². The summed E-state index contributed by atoms with van der Waals surface area (Å²) in [4.78, 5) is 2.41. The lowest BCUT2D eigenvalue weighted by molar-refractivity contribution is 0.660. The van der Waals surface area contributed by atoms with Gasteiger partial charge in [0.2, 0.25) is 0 Å². The van der Waals surface area contributed by atoms with Crippen LogP contribution in [0.3, 0.4) is 0 Å². The van der Waals surface area contributed by atoms with E-state index in [1.165, 1.54) is 82.5 Å². The Morgan fingerprint density at radius 2 is 1.03 bits per heavy atom. The average Bonchev–Trinajstić information content (AvgIpc) is 3.94. The van der Waals surface area contributed by atoms with Crippen molar-refractivity contribution >= 4 is 60.5 Å². The van der Waals surface area contributed by atoms with E-state index in [2.05, 4.69) is 240 Å². The normalized spacial score (nSPS) is 13.0. The molecule has 0 unspecified atom stereocenters. The summed E-state index contributed by atoms with van der Waals surface area (Å²) < 4.78 is 4.70. The van der Waals surface area contributed by atoms with Gasteiger partial charge in [-0.15, -0.1) is 0 Å². The highest BCUT2D eigenvalue weighted by atomic mass is 15.1. The Bertz CT molecular complexity index is 3440. The van der Waals surface area contributed by atoms with Crippen molar-refractivity contribution in [2.75, 3.05) is 4.90 Å². The first-order chi connectivity index (χ1) is 29.5. The predicted octanol–water partition coefficient (Wildman–Crippen LogP) is 15.3. The van der Waals surface area contributed by atoms with Gasteiger partial charge in [-0.1, -0.05) is 135 Å². The van der Waals surface area contributed by atoms with Gasteiger partial charge in [0.15, 0.2) is 0 Å². The molecule has 0 N–H and O–H groups in total. The highest BCUT2D eigenvalue weighted by Crippen LogP contribution is 2.51. The lowest BCUT2D eigenvalue weighted by atomic mass is 9.82. The number of para-hydroxylation sites is 2. The van der Waals surface area contributed by atoms with E-state index in [-0.39, 0.29) is 5.41 Å². The molecule has 9 aromatic carbocycles. The molecule has 12 rings (SSSR count).